The predicted molar refractivity (Wildman–Crippen MR) is 78.5 cm³/mol. The minimum absolute atomic E-state index is 0.561. The Bertz CT molecular complexity index is 612. The van der Waals surface area contributed by atoms with Crippen LogP contribution < -0.4 is 0 Å². The van der Waals surface area contributed by atoms with Crippen LogP contribution in [0.2, 0.25) is 0 Å². The number of hydrogen-bond donors (Lipinski definition) is 0. The van der Waals surface area contributed by atoms with Crippen molar-refractivity contribution in [2.45, 2.75) is 37.6 Å². The second-order valence-corrected chi connectivity index (χ2v) is 6.52. The highest BCUT2D eigenvalue weighted by atomic mass is 79.9. The van der Waals surface area contributed by atoms with Gasteiger partial charge in [-0.1, -0.05) is 15.9 Å². The van der Waals surface area contributed by atoms with Crippen LogP contribution in [0.15, 0.2) is 22.7 Å². The van der Waals surface area contributed by atoms with E-state index >= 15 is 0 Å². The third-order valence-corrected chi connectivity index (χ3v) is 4.69. The molecule has 0 spiro atoms. The van der Waals surface area contributed by atoms with Crippen molar-refractivity contribution in [1.82, 2.24) is 9.78 Å². The fraction of sp³-hybridized carbons (Fsp3) is 0.533. The molecule has 2 heterocycles. The van der Waals surface area contributed by atoms with Gasteiger partial charge in [0.05, 0.1) is 17.3 Å². The highest BCUT2D eigenvalue weighted by Gasteiger charge is 2.29. The molecule has 1 aromatic heterocycles. The first-order valence-electron chi connectivity index (χ1n) is 7.08. The third-order valence-electron chi connectivity index (χ3n) is 4.20. The van der Waals surface area contributed by atoms with E-state index in [1.807, 2.05) is 0 Å². The SMILES string of the molecule is Brc1ccc2c(c1)c(C1CCOCC1)nn2C1CC1. The number of hydrogen-bond acceptors (Lipinski definition) is 2. The van der Waals surface area contributed by atoms with Crippen molar-refractivity contribution < 1.29 is 4.74 Å². The summed E-state index contributed by atoms with van der Waals surface area (Å²) in [5, 5.41) is 6.28. The van der Waals surface area contributed by atoms with Crippen LogP contribution in [-0.2, 0) is 4.74 Å². The van der Waals surface area contributed by atoms with E-state index in [4.69, 9.17) is 9.84 Å². The van der Waals surface area contributed by atoms with Crippen LogP contribution in [0.4, 0.5) is 0 Å². The number of fused-ring (bicyclic) bond motifs is 1. The summed E-state index contributed by atoms with van der Waals surface area (Å²) in [7, 11) is 0. The van der Waals surface area contributed by atoms with Crippen molar-refractivity contribution in [3.05, 3.63) is 28.4 Å². The number of aromatic nitrogens is 2. The van der Waals surface area contributed by atoms with Gasteiger partial charge in [0, 0.05) is 29.0 Å². The van der Waals surface area contributed by atoms with E-state index in [1.165, 1.54) is 29.4 Å². The minimum Gasteiger partial charge on any atom is -0.381 e. The van der Waals surface area contributed by atoms with Crippen LogP contribution in [0, 0.1) is 0 Å². The first-order chi connectivity index (χ1) is 9.33. The van der Waals surface area contributed by atoms with Crippen molar-refractivity contribution in [2.75, 3.05) is 13.2 Å². The average Bonchev–Trinajstić information content (AvgIpc) is 3.21. The van der Waals surface area contributed by atoms with Crippen molar-refractivity contribution >= 4 is 26.8 Å². The Balaban J connectivity index is 1.85. The molecule has 0 bridgehead atoms. The van der Waals surface area contributed by atoms with E-state index in [9.17, 15) is 0 Å². The van der Waals surface area contributed by atoms with Crippen LogP contribution in [0.25, 0.3) is 10.9 Å². The summed E-state index contributed by atoms with van der Waals surface area (Å²) in [5.41, 5.74) is 2.58. The van der Waals surface area contributed by atoms with E-state index in [2.05, 4.69) is 38.8 Å². The Morgan fingerprint density at radius 3 is 2.68 bits per heavy atom. The summed E-state index contributed by atoms with van der Waals surface area (Å²) in [5.74, 6) is 0.561. The fourth-order valence-corrected chi connectivity index (χ4v) is 3.37. The second-order valence-electron chi connectivity index (χ2n) is 5.61. The van der Waals surface area contributed by atoms with Gasteiger partial charge in [0.15, 0.2) is 0 Å². The number of halogens is 1. The maximum absolute atomic E-state index is 5.48. The molecule has 4 rings (SSSR count). The minimum atomic E-state index is 0.561. The Kier molecular flexibility index (Phi) is 2.88. The Labute approximate surface area is 121 Å². The van der Waals surface area contributed by atoms with E-state index < -0.39 is 0 Å². The molecule has 0 radical (unpaired) electrons. The average molecular weight is 321 g/mol. The number of benzene rings is 1. The molecule has 1 aromatic carbocycles. The highest BCUT2D eigenvalue weighted by molar-refractivity contribution is 9.10. The molecule has 0 unspecified atom stereocenters. The summed E-state index contributed by atoms with van der Waals surface area (Å²) >= 11 is 3.59. The molecule has 1 saturated heterocycles. The summed E-state index contributed by atoms with van der Waals surface area (Å²) in [6.45, 7) is 1.74. The monoisotopic (exact) mass is 320 g/mol. The van der Waals surface area contributed by atoms with E-state index in [1.54, 1.807) is 0 Å². The normalized spacial score (nSPS) is 21.1. The molecule has 4 heteroatoms. The van der Waals surface area contributed by atoms with Gasteiger partial charge in [-0.05, 0) is 43.9 Å². The molecular weight excluding hydrogens is 304 g/mol. The zero-order chi connectivity index (χ0) is 12.8. The lowest BCUT2D eigenvalue weighted by atomic mass is 9.94. The molecule has 3 nitrogen and oxygen atoms in total. The third kappa shape index (κ3) is 2.11. The standard InChI is InChI=1S/C15H17BrN2O/c16-11-1-4-14-13(9-11)15(10-5-7-19-8-6-10)17-18(14)12-2-3-12/h1,4,9-10,12H,2-3,5-8H2. The maximum Gasteiger partial charge on any atom is 0.0736 e. The van der Waals surface area contributed by atoms with Crippen LogP contribution in [-0.4, -0.2) is 23.0 Å². The molecule has 2 aromatic rings. The van der Waals surface area contributed by atoms with Gasteiger partial charge in [-0.2, -0.15) is 5.10 Å². The lowest BCUT2D eigenvalue weighted by molar-refractivity contribution is 0.0846. The molecule has 1 saturated carbocycles. The molecule has 19 heavy (non-hydrogen) atoms. The smallest absolute Gasteiger partial charge is 0.0736 e. The molecule has 0 N–H and O–H groups in total. The number of rotatable bonds is 2. The summed E-state index contributed by atoms with van der Waals surface area (Å²) in [4.78, 5) is 0. The van der Waals surface area contributed by atoms with Crippen molar-refractivity contribution in [3.8, 4) is 0 Å². The van der Waals surface area contributed by atoms with Gasteiger partial charge in [-0.3, -0.25) is 4.68 Å². The molecule has 2 aliphatic rings. The van der Waals surface area contributed by atoms with E-state index in [-0.39, 0.29) is 0 Å². The quantitative estimate of drug-likeness (QED) is 0.835. The molecule has 0 amide bonds. The molecule has 2 fully saturated rings. The van der Waals surface area contributed by atoms with Crippen LogP contribution in [0.5, 0.6) is 0 Å². The second kappa shape index (κ2) is 4.60. The van der Waals surface area contributed by atoms with Crippen molar-refractivity contribution in [1.29, 1.82) is 0 Å². The highest BCUT2D eigenvalue weighted by Crippen LogP contribution is 2.40. The molecule has 1 aliphatic carbocycles. The van der Waals surface area contributed by atoms with Gasteiger partial charge < -0.3 is 4.74 Å². The lowest BCUT2D eigenvalue weighted by Gasteiger charge is -2.20. The molecular formula is C15H17BrN2O. The Morgan fingerprint density at radius 1 is 1.16 bits per heavy atom. The van der Waals surface area contributed by atoms with E-state index in [0.717, 1.165) is 30.5 Å². The van der Waals surface area contributed by atoms with Gasteiger partial charge in [0.2, 0.25) is 0 Å². The lowest BCUT2D eigenvalue weighted by Crippen LogP contribution is -2.15. The Hall–Kier alpha value is -0.870. The predicted octanol–water partition coefficient (Wildman–Crippen LogP) is 4.03. The summed E-state index contributed by atoms with van der Waals surface area (Å²) in [6, 6.07) is 7.19. The molecule has 0 atom stereocenters. The van der Waals surface area contributed by atoms with Crippen molar-refractivity contribution in [3.63, 3.8) is 0 Å². The van der Waals surface area contributed by atoms with Crippen LogP contribution in [0.3, 0.4) is 0 Å². The molecule has 1 aliphatic heterocycles. The van der Waals surface area contributed by atoms with Gasteiger partial charge in [-0.25, -0.2) is 0 Å². The van der Waals surface area contributed by atoms with Crippen LogP contribution in [0.1, 0.15) is 43.3 Å². The fourth-order valence-electron chi connectivity index (χ4n) is 3.01. The zero-order valence-electron chi connectivity index (χ0n) is 10.8. The topological polar surface area (TPSA) is 27.1 Å². The summed E-state index contributed by atoms with van der Waals surface area (Å²) < 4.78 is 8.88. The van der Waals surface area contributed by atoms with Gasteiger partial charge in [-0.15, -0.1) is 0 Å². The number of ether oxygens (including phenoxy) is 1. The number of nitrogens with zero attached hydrogens (tertiary/aromatic N) is 2. The Morgan fingerprint density at radius 2 is 1.95 bits per heavy atom. The summed E-state index contributed by atoms with van der Waals surface area (Å²) in [6.07, 6.45) is 4.76. The van der Waals surface area contributed by atoms with Gasteiger partial charge in [0.1, 0.15) is 0 Å². The van der Waals surface area contributed by atoms with Gasteiger partial charge in [0.25, 0.3) is 0 Å². The van der Waals surface area contributed by atoms with Gasteiger partial charge >= 0.3 is 0 Å². The van der Waals surface area contributed by atoms with Crippen LogP contribution >= 0.6 is 15.9 Å². The largest absolute Gasteiger partial charge is 0.381 e. The first kappa shape index (κ1) is 11.9. The first-order valence-corrected chi connectivity index (χ1v) is 7.87. The zero-order valence-corrected chi connectivity index (χ0v) is 12.4. The van der Waals surface area contributed by atoms with Crippen molar-refractivity contribution in [2.24, 2.45) is 0 Å². The maximum atomic E-state index is 5.48. The van der Waals surface area contributed by atoms with E-state index in [0.29, 0.717) is 12.0 Å². The molecule has 100 valence electrons.